The minimum absolute atomic E-state index is 0.148. The highest BCUT2D eigenvalue weighted by Crippen LogP contribution is 2.21. The molecule has 2 aromatic carbocycles. The summed E-state index contributed by atoms with van der Waals surface area (Å²) in [5.74, 6) is -0.583. The maximum atomic E-state index is 12.9. The summed E-state index contributed by atoms with van der Waals surface area (Å²) in [5, 5.41) is 0.651. The van der Waals surface area contributed by atoms with Crippen molar-refractivity contribution >= 4 is 39.1 Å². The van der Waals surface area contributed by atoms with Gasteiger partial charge in [-0.1, -0.05) is 35.1 Å². The molecule has 3 rings (SSSR count). The Balaban J connectivity index is 1.92. The van der Waals surface area contributed by atoms with Gasteiger partial charge in [0.1, 0.15) is 5.82 Å². The molecule has 0 aliphatic rings. The predicted molar refractivity (Wildman–Crippen MR) is 86.5 cm³/mol. The number of aryl methyl sites for hydroxylation is 1. The number of carbonyl (C=O) groups excluding carboxylic acids is 1. The van der Waals surface area contributed by atoms with Crippen LogP contribution >= 0.6 is 22.9 Å². The molecule has 6 heteroatoms. The summed E-state index contributed by atoms with van der Waals surface area (Å²) >= 11 is 7.39. The van der Waals surface area contributed by atoms with Crippen LogP contribution in [0, 0.1) is 5.82 Å². The Morgan fingerprint density at radius 2 is 2.00 bits per heavy atom. The van der Waals surface area contributed by atoms with Crippen molar-refractivity contribution in [3.8, 4) is 0 Å². The van der Waals surface area contributed by atoms with E-state index < -0.39 is 0 Å². The van der Waals surface area contributed by atoms with Crippen molar-refractivity contribution in [3.05, 3.63) is 63.7 Å². The van der Waals surface area contributed by atoms with Gasteiger partial charge in [-0.25, -0.2) is 4.39 Å². The highest BCUT2D eigenvalue weighted by Gasteiger charge is 2.06. The number of fused-ring (bicyclic) bond motifs is 1. The van der Waals surface area contributed by atoms with Crippen LogP contribution in [0.15, 0.2) is 47.5 Å². The van der Waals surface area contributed by atoms with Gasteiger partial charge in [0.25, 0.3) is 5.91 Å². The molecular weight excluding hydrogens is 323 g/mol. The molecule has 0 spiro atoms. The molecule has 22 heavy (non-hydrogen) atoms. The second kappa shape index (κ2) is 6.02. The molecule has 0 fully saturated rings. The minimum Gasteiger partial charge on any atom is -0.319 e. The van der Waals surface area contributed by atoms with E-state index in [1.165, 1.54) is 23.5 Å². The van der Waals surface area contributed by atoms with Crippen LogP contribution in [0.2, 0.25) is 5.02 Å². The molecule has 3 nitrogen and oxygen atoms in total. The molecular formula is C16H12ClFN2OS. The van der Waals surface area contributed by atoms with Crippen LogP contribution in [0.25, 0.3) is 10.2 Å². The van der Waals surface area contributed by atoms with E-state index in [1.54, 1.807) is 18.2 Å². The first-order valence-corrected chi connectivity index (χ1v) is 7.79. The summed E-state index contributed by atoms with van der Waals surface area (Å²) < 4.78 is 15.7. The van der Waals surface area contributed by atoms with Crippen molar-refractivity contribution in [1.82, 2.24) is 4.57 Å². The zero-order valence-electron chi connectivity index (χ0n) is 11.7. The highest BCUT2D eigenvalue weighted by atomic mass is 35.5. The summed E-state index contributed by atoms with van der Waals surface area (Å²) in [6.45, 7) is 0. The minimum atomic E-state index is -0.319. The maximum absolute atomic E-state index is 12.9. The van der Waals surface area contributed by atoms with Crippen LogP contribution in [0.4, 0.5) is 4.39 Å². The summed E-state index contributed by atoms with van der Waals surface area (Å²) in [4.78, 5) is 16.8. The molecule has 0 N–H and O–H groups in total. The maximum Gasteiger partial charge on any atom is 0.252 e. The second-order valence-electron chi connectivity index (χ2n) is 4.86. The number of hydrogen-bond acceptors (Lipinski definition) is 2. The lowest BCUT2D eigenvalue weighted by Gasteiger charge is -1.97. The van der Waals surface area contributed by atoms with Crippen molar-refractivity contribution in [2.75, 3.05) is 0 Å². The molecule has 0 saturated carbocycles. The van der Waals surface area contributed by atoms with Gasteiger partial charge in [0.05, 0.1) is 16.6 Å². The molecule has 1 heterocycles. The zero-order chi connectivity index (χ0) is 15.7. The number of benzene rings is 2. The summed E-state index contributed by atoms with van der Waals surface area (Å²) in [7, 11) is 1.86. The smallest absolute Gasteiger partial charge is 0.252 e. The monoisotopic (exact) mass is 334 g/mol. The lowest BCUT2D eigenvalue weighted by Crippen LogP contribution is -2.14. The van der Waals surface area contributed by atoms with E-state index >= 15 is 0 Å². The molecule has 0 bridgehead atoms. The first-order valence-electron chi connectivity index (χ1n) is 6.60. The van der Waals surface area contributed by atoms with Crippen molar-refractivity contribution in [3.63, 3.8) is 0 Å². The van der Waals surface area contributed by atoms with Gasteiger partial charge in [0, 0.05) is 12.1 Å². The van der Waals surface area contributed by atoms with Crippen LogP contribution in [0.1, 0.15) is 5.56 Å². The number of hydrogen-bond donors (Lipinski definition) is 0. The number of rotatable bonds is 2. The Kier molecular flexibility index (Phi) is 4.09. The van der Waals surface area contributed by atoms with E-state index in [0.717, 1.165) is 15.8 Å². The van der Waals surface area contributed by atoms with E-state index in [-0.39, 0.29) is 18.1 Å². The van der Waals surface area contributed by atoms with Crippen molar-refractivity contribution in [1.29, 1.82) is 0 Å². The van der Waals surface area contributed by atoms with Gasteiger partial charge in [-0.2, -0.15) is 4.99 Å². The SMILES string of the molecule is Cn1c(=NC(=O)Cc2ccc(F)cc2)sc2cc(Cl)ccc21. The lowest BCUT2D eigenvalue weighted by atomic mass is 10.1. The number of aromatic nitrogens is 1. The lowest BCUT2D eigenvalue weighted by molar-refractivity contribution is -0.117. The highest BCUT2D eigenvalue weighted by molar-refractivity contribution is 7.16. The third-order valence-electron chi connectivity index (χ3n) is 3.26. The van der Waals surface area contributed by atoms with Crippen molar-refractivity contribution in [2.45, 2.75) is 6.42 Å². The number of carbonyl (C=O) groups is 1. The molecule has 0 aliphatic heterocycles. The summed E-state index contributed by atoms with van der Waals surface area (Å²) in [6.07, 6.45) is 0.148. The van der Waals surface area contributed by atoms with Crippen LogP contribution in [-0.2, 0) is 18.3 Å². The number of thiazole rings is 1. The van der Waals surface area contributed by atoms with Crippen LogP contribution < -0.4 is 4.80 Å². The Morgan fingerprint density at radius 3 is 2.73 bits per heavy atom. The average molecular weight is 335 g/mol. The molecule has 1 aromatic heterocycles. The zero-order valence-corrected chi connectivity index (χ0v) is 13.3. The van der Waals surface area contributed by atoms with E-state index in [4.69, 9.17) is 11.6 Å². The third kappa shape index (κ3) is 3.10. The van der Waals surface area contributed by atoms with Gasteiger partial charge in [-0.3, -0.25) is 4.79 Å². The molecule has 1 amide bonds. The Hall–Kier alpha value is -1.98. The van der Waals surface area contributed by atoms with Gasteiger partial charge in [0.2, 0.25) is 0 Å². The normalized spacial score (nSPS) is 12.0. The fourth-order valence-electron chi connectivity index (χ4n) is 2.14. The van der Waals surface area contributed by atoms with Crippen molar-refractivity contribution in [2.24, 2.45) is 12.0 Å². The fraction of sp³-hybridized carbons (Fsp3) is 0.125. The van der Waals surface area contributed by atoms with Crippen LogP contribution in [-0.4, -0.2) is 10.5 Å². The predicted octanol–water partition coefficient (Wildman–Crippen LogP) is 3.70. The number of nitrogens with zero attached hydrogens (tertiary/aromatic N) is 2. The van der Waals surface area contributed by atoms with Gasteiger partial charge >= 0.3 is 0 Å². The van der Waals surface area contributed by atoms with Crippen molar-refractivity contribution < 1.29 is 9.18 Å². The number of halogens is 2. The standard InChI is InChI=1S/C16H12ClFN2OS/c1-20-13-7-4-11(17)9-14(13)22-16(20)19-15(21)8-10-2-5-12(18)6-3-10/h2-7,9H,8H2,1H3. The van der Waals surface area contributed by atoms with Gasteiger partial charge in [-0.05, 0) is 35.9 Å². The van der Waals surface area contributed by atoms with Crippen LogP contribution in [0.5, 0.6) is 0 Å². The quantitative estimate of drug-likeness (QED) is 0.703. The van der Waals surface area contributed by atoms with Gasteiger partial charge in [0.15, 0.2) is 4.80 Å². The topological polar surface area (TPSA) is 34.4 Å². The van der Waals surface area contributed by atoms with E-state index in [1.807, 2.05) is 23.7 Å². The number of amides is 1. The average Bonchev–Trinajstić information content (AvgIpc) is 2.77. The summed E-state index contributed by atoms with van der Waals surface area (Å²) in [6, 6.07) is 11.4. The van der Waals surface area contributed by atoms with E-state index in [2.05, 4.69) is 4.99 Å². The van der Waals surface area contributed by atoms with Crippen LogP contribution in [0.3, 0.4) is 0 Å². The molecule has 3 aromatic rings. The fourth-order valence-corrected chi connectivity index (χ4v) is 3.45. The van der Waals surface area contributed by atoms with Gasteiger partial charge < -0.3 is 4.57 Å². The first-order chi connectivity index (χ1) is 10.5. The molecule has 0 saturated heterocycles. The van der Waals surface area contributed by atoms with E-state index in [0.29, 0.717) is 9.82 Å². The van der Waals surface area contributed by atoms with E-state index in [9.17, 15) is 9.18 Å². The third-order valence-corrected chi connectivity index (χ3v) is 4.59. The Labute approximate surface area is 135 Å². The molecule has 0 unspecified atom stereocenters. The Bertz CT molecular complexity index is 912. The molecule has 0 radical (unpaired) electrons. The summed E-state index contributed by atoms with van der Waals surface area (Å²) in [5.41, 5.74) is 1.71. The molecule has 0 atom stereocenters. The second-order valence-corrected chi connectivity index (χ2v) is 6.31. The van der Waals surface area contributed by atoms with Gasteiger partial charge in [-0.15, -0.1) is 0 Å². The Morgan fingerprint density at radius 1 is 1.27 bits per heavy atom. The largest absolute Gasteiger partial charge is 0.319 e. The molecule has 0 aliphatic carbocycles. The first kappa shape index (κ1) is 14.9. The molecule has 112 valence electrons.